The summed E-state index contributed by atoms with van der Waals surface area (Å²) >= 11 is 1.22. The summed E-state index contributed by atoms with van der Waals surface area (Å²) in [5, 5.41) is 6.18. The molecule has 0 aromatic carbocycles. The van der Waals surface area contributed by atoms with Gasteiger partial charge >= 0.3 is 0 Å². The fourth-order valence-corrected chi connectivity index (χ4v) is 6.11. The topological polar surface area (TPSA) is 75.5 Å². The molecule has 0 unspecified atom stereocenters. The second kappa shape index (κ2) is 6.22. The quantitative estimate of drug-likeness (QED) is 0.808. The monoisotopic (exact) mass is 380 g/mol. The standard InChI is InChI=1S/C16H20N4O3S2/c1-18-13-6-9-20(25(22,23)14-5-4-10-24-14)11-12(13)15(17-18)16(21)19-7-2-3-8-19/h4-5,10H,2-3,6-9,11H2,1H3. The highest BCUT2D eigenvalue weighted by atomic mass is 32.2. The first-order chi connectivity index (χ1) is 12.0. The van der Waals surface area contributed by atoms with Crippen LogP contribution in [0.1, 0.15) is 34.6 Å². The van der Waals surface area contributed by atoms with Gasteiger partial charge in [-0.2, -0.15) is 9.40 Å². The number of amides is 1. The predicted molar refractivity (Wildman–Crippen MR) is 94.0 cm³/mol. The van der Waals surface area contributed by atoms with Gasteiger partial charge in [-0.1, -0.05) is 6.07 Å². The third-order valence-corrected chi connectivity index (χ3v) is 8.11. The number of hydrogen-bond donors (Lipinski definition) is 0. The first-order valence-corrected chi connectivity index (χ1v) is 10.7. The third-order valence-electron chi connectivity index (χ3n) is 4.89. The van der Waals surface area contributed by atoms with Gasteiger partial charge in [0.05, 0.1) is 0 Å². The molecule has 1 amide bonds. The second-order valence-electron chi connectivity index (χ2n) is 6.42. The van der Waals surface area contributed by atoms with E-state index >= 15 is 0 Å². The molecule has 0 bridgehead atoms. The lowest BCUT2D eigenvalue weighted by molar-refractivity contribution is 0.0784. The smallest absolute Gasteiger partial charge is 0.274 e. The molecule has 1 saturated heterocycles. The number of hydrogen-bond acceptors (Lipinski definition) is 5. The fraction of sp³-hybridized carbons (Fsp3) is 0.500. The molecular formula is C16H20N4O3S2. The van der Waals surface area contributed by atoms with Crippen LogP contribution in [-0.4, -0.2) is 52.9 Å². The minimum atomic E-state index is -3.52. The number of carbonyl (C=O) groups excluding carboxylic acids is 1. The van der Waals surface area contributed by atoms with E-state index in [1.165, 1.54) is 15.6 Å². The molecule has 134 valence electrons. The summed E-state index contributed by atoms with van der Waals surface area (Å²) < 4.78 is 29.2. The van der Waals surface area contributed by atoms with Gasteiger partial charge in [-0.25, -0.2) is 8.42 Å². The van der Waals surface area contributed by atoms with Gasteiger partial charge in [-0.3, -0.25) is 9.48 Å². The summed E-state index contributed by atoms with van der Waals surface area (Å²) in [6.45, 7) is 2.12. The fourth-order valence-electron chi connectivity index (χ4n) is 3.55. The number of aromatic nitrogens is 2. The molecule has 2 aromatic heterocycles. The number of sulfonamides is 1. The Morgan fingerprint density at radius 3 is 2.68 bits per heavy atom. The molecule has 9 heteroatoms. The normalized spacial score (nSPS) is 18.5. The summed E-state index contributed by atoms with van der Waals surface area (Å²) in [5.41, 5.74) is 2.12. The first-order valence-electron chi connectivity index (χ1n) is 8.36. The highest BCUT2D eigenvalue weighted by Crippen LogP contribution is 2.29. The van der Waals surface area contributed by atoms with Gasteiger partial charge in [-0.05, 0) is 24.3 Å². The van der Waals surface area contributed by atoms with Gasteiger partial charge < -0.3 is 4.90 Å². The minimum absolute atomic E-state index is 0.0790. The molecule has 0 aliphatic carbocycles. The van der Waals surface area contributed by atoms with Gasteiger partial charge in [-0.15, -0.1) is 11.3 Å². The van der Waals surface area contributed by atoms with Crippen LogP contribution in [0.15, 0.2) is 21.7 Å². The number of likely N-dealkylation sites (tertiary alicyclic amines) is 1. The van der Waals surface area contributed by atoms with Crippen molar-refractivity contribution in [2.45, 2.75) is 30.0 Å². The molecule has 0 saturated carbocycles. The summed E-state index contributed by atoms with van der Waals surface area (Å²) in [7, 11) is -1.70. The van der Waals surface area contributed by atoms with Crippen molar-refractivity contribution in [2.75, 3.05) is 19.6 Å². The lowest BCUT2D eigenvalue weighted by atomic mass is 10.1. The highest BCUT2D eigenvalue weighted by Gasteiger charge is 2.35. The molecule has 4 heterocycles. The molecule has 0 atom stereocenters. The van der Waals surface area contributed by atoms with Crippen LogP contribution in [0.4, 0.5) is 0 Å². The summed E-state index contributed by atoms with van der Waals surface area (Å²) in [4.78, 5) is 14.6. The Bertz CT molecular complexity index is 896. The molecule has 4 rings (SSSR count). The van der Waals surface area contributed by atoms with E-state index < -0.39 is 10.0 Å². The van der Waals surface area contributed by atoms with Gasteiger partial charge in [0.2, 0.25) is 0 Å². The van der Waals surface area contributed by atoms with Crippen LogP contribution in [0.25, 0.3) is 0 Å². The average Bonchev–Trinajstić information content (AvgIpc) is 3.35. The zero-order valence-electron chi connectivity index (χ0n) is 14.0. The second-order valence-corrected chi connectivity index (χ2v) is 9.53. The average molecular weight is 380 g/mol. The molecule has 0 radical (unpaired) electrons. The number of aryl methyl sites for hydroxylation is 1. The van der Waals surface area contributed by atoms with E-state index in [1.54, 1.807) is 22.2 Å². The largest absolute Gasteiger partial charge is 0.337 e. The summed E-state index contributed by atoms with van der Waals surface area (Å²) in [6.07, 6.45) is 2.59. The van der Waals surface area contributed by atoms with Crippen molar-refractivity contribution in [2.24, 2.45) is 7.05 Å². The maximum Gasteiger partial charge on any atom is 0.274 e. The van der Waals surface area contributed by atoms with E-state index in [0.29, 0.717) is 22.9 Å². The number of carbonyl (C=O) groups is 1. The molecule has 7 nitrogen and oxygen atoms in total. The Kier molecular flexibility index (Phi) is 4.17. The highest BCUT2D eigenvalue weighted by molar-refractivity contribution is 7.91. The van der Waals surface area contributed by atoms with Gasteiger partial charge in [0.15, 0.2) is 5.69 Å². The predicted octanol–water partition coefficient (Wildman–Crippen LogP) is 1.46. The maximum absolute atomic E-state index is 12.8. The van der Waals surface area contributed by atoms with Crippen LogP contribution in [0.5, 0.6) is 0 Å². The molecular weight excluding hydrogens is 360 g/mol. The van der Waals surface area contributed by atoms with Crippen LogP contribution >= 0.6 is 11.3 Å². The van der Waals surface area contributed by atoms with Gasteiger partial charge in [0.1, 0.15) is 4.21 Å². The Labute approximate surface area is 150 Å². The van der Waals surface area contributed by atoms with Crippen molar-refractivity contribution in [1.82, 2.24) is 19.0 Å². The van der Waals surface area contributed by atoms with Crippen molar-refractivity contribution in [3.05, 3.63) is 34.5 Å². The van der Waals surface area contributed by atoms with Gasteiger partial charge in [0, 0.05) is 50.9 Å². The van der Waals surface area contributed by atoms with Crippen molar-refractivity contribution in [3.63, 3.8) is 0 Å². The molecule has 25 heavy (non-hydrogen) atoms. The minimum Gasteiger partial charge on any atom is -0.337 e. The van der Waals surface area contributed by atoms with E-state index in [-0.39, 0.29) is 12.5 Å². The Hall–Kier alpha value is -1.71. The molecule has 2 aliphatic heterocycles. The van der Waals surface area contributed by atoms with E-state index in [2.05, 4.69) is 5.10 Å². The zero-order valence-corrected chi connectivity index (χ0v) is 15.6. The molecule has 0 N–H and O–H groups in total. The van der Waals surface area contributed by atoms with E-state index in [9.17, 15) is 13.2 Å². The van der Waals surface area contributed by atoms with Crippen molar-refractivity contribution in [1.29, 1.82) is 0 Å². The summed E-state index contributed by atoms with van der Waals surface area (Å²) in [5.74, 6) is -0.0790. The Balaban J connectivity index is 1.67. The number of nitrogens with zero attached hydrogens (tertiary/aromatic N) is 4. The number of fused-ring (bicyclic) bond motifs is 1. The molecule has 2 aliphatic rings. The lowest BCUT2D eigenvalue weighted by Crippen LogP contribution is -2.37. The Morgan fingerprint density at radius 2 is 2.00 bits per heavy atom. The van der Waals surface area contributed by atoms with Crippen molar-refractivity contribution >= 4 is 27.3 Å². The van der Waals surface area contributed by atoms with E-state index in [4.69, 9.17) is 0 Å². The zero-order chi connectivity index (χ0) is 17.6. The lowest BCUT2D eigenvalue weighted by Gasteiger charge is -2.26. The molecule has 0 spiro atoms. The van der Waals surface area contributed by atoms with E-state index in [0.717, 1.165) is 37.2 Å². The molecule has 2 aromatic rings. The summed E-state index contributed by atoms with van der Waals surface area (Å²) in [6, 6.07) is 3.36. The van der Waals surface area contributed by atoms with Crippen LogP contribution in [0.2, 0.25) is 0 Å². The number of thiophene rings is 1. The van der Waals surface area contributed by atoms with Crippen LogP contribution in [0.3, 0.4) is 0 Å². The van der Waals surface area contributed by atoms with Crippen LogP contribution < -0.4 is 0 Å². The maximum atomic E-state index is 12.8. The SMILES string of the molecule is Cn1nc(C(=O)N2CCCC2)c2c1CCN(S(=O)(=O)c1cccs1)C2. The van der Waals surface area contributed by atoms with Gasteiger partial charge in [0.25, 0.3) is 15.9 Å². The Morgan fingerprint density at radius 1 is 1.24 bits per heavy atom. The van der Waals surface area contributed by atoms with Crippen molar-refractivity contribution < 1.29 is 13.2 Å². The number of rotatable bonds is 3. The first kappa shape index (κ1) is 16.7. The van der Waals surface area contributed by atoms with E-state index in [1.807, 2.05) is 11.9 Å². The van der Waals surface area contributed by atoms with Crippen molar-refractivity contribution in [3.8, 4) is 0 Å². The van der Waals surface area contributed by atoms with Crippen LogP contribution in [-0.2, 0) is 30.0 Å². The third kappa shape index (κ3) is 2.80. The van der Waals surface area contributed by atoms with Crippen LogP contribution in [0, 0.1) is 0 Å². The molecule has 1 fully saturated rings.